The minimum absolute atomic E-state index is 0.000753. The Labute approximate surface area is 107 Å². The number of nitrogens with zero attached hydrogens (tertiary/aromatic N) is 1. The van der Waals surface area contributed by atoms with Gasteiger partial charge in [0.05, 0.1) is 0 Å². The van der Waals surface area contributed by atoms with E-state index in [-0.39, 0.29) is 12.1 Å². The lowest BCUT2D eigenvalue weighted by Gasteiger charge is -2.36. The number of ether oxygens (including phenoxy) is 1. The molecule has 6 heteroatoms. The van der Waals surface area contributed by atoms with Crippen LogP contribution in [0.3, 0.4) is 0 Å². The highest BCUT2D eigenvalue weighted by Gasteiger charge is 2.30. The number of rotatable bonds is 1. The number of hydrogen-bond donors (Lipinski definition) is 2. The maximum absolute atomic E-state index is 11.6. The van der Waals surface area contributed by atoms with Crippen molar-refractivity contribution in [3.8, 4) is 0 Å². The molecule has 0 aromatic carbocycles. The monoisotopic (exact) mass is 258 g/mol. The number of carboxylic acid groups (broad SMARTS) is 1. The number of hydrogen-bond acceptors (Lipinski definition) is 3. The van der Waals surface area contributed by atoms with E-state index in [1.54, 1.807) is 20.8 Å². The third kappa shape index (κ3) is 4.43. The van der Waals surface area contributed by atoms with Crippen molar-refractivity contribution in [3.63, 3.8) is 0 Å². The molecule has 0 spiro atoms. The van der Waals surface area contributed by atoms with Crippen LogP contribution in [0.1, 0.15) is 40.5 Å². The van der Waals surface area contributed by atoms with Gasteiger partial charge in [-0.15, -0.1) is 0 Å². The molecule has 0 aromatic rings. The minimum Gasteiger partial charge on any atom is -0.465 e. The van der Waals surface area contributed by atoms with E-state index in [0.29, 0.717) is 6.54 Å². The van der Waals surface area contributed by atoms with Gasteiger partial charge in [-0.25, -0.2) is 9.59 Å². The first-order chi connectivity index (χ1) is 8.19. The van der Waals surface area contributed by atoms with Crippen molar-refractivity contribution in [2.24, 2.45) is 0 Å². The summed E-state index contributed by atoms with van der Waals surface area (Å²) in [6.45, 7) is 7.56. The summed E-state index contributed by atoms with van der Waals surface area (Å²) < 4.78 is 5.15. The highest BCUT2D eigenvalue weighted by Crippen LogP contribution is 2.17. The molecule has 2 amide bonds. The molecule has 1 aliphatic rings. The van der Waals surface area contributed by atoms with E-state index < -0.39 is 17.8 Å². The SMILES string of the molecule is CC1CCC(NC(=O)OC(C)(C)C)CN1C(=O)O. The van der Waals surface area contributed by atoms with Gasteiger partial charge >= 0.3 is 12.2 Å². The average Bonchev–Trinajstić information content (AvgIpc) is 2.17. The number of alkyl carbamates (subject to hydrolysis) is 1. The second-order valence-electron chi connectivity index (χ2n) is 5.70. The zero-order chi connectivity index (χ0) is 13.9. The van der Waals surface area contributed by atoms with Crippen LogP contribution < -0.4 is 5.32 Å². The van der Waals surface area contributed by atoms with Crippen molar-refractivity contribution in [3.05, 3.63) is 0 Å². The Kier molecular flexibility index (Phi) is 4.43. The molecule has 1 aliphatic heterocycles. The Morgan fingerprint density at radius 1 is 1.33 bits per heavy atom. The second-order valence-corrected chi connectivity index (χ2v) is 5.70. The molecule has 1 fully saturated rings. The number of carbonyl (C=O) groups excluding carboxylic acids is 1. The van der Waals surface area contributed by atoms with Crippen molar-refractivity contribution in [2.45, 2.75) is 58.2 Å². The summed E-state index contributed by atoms with van der Waals surface area (Å²) in [7, 11) is 0. The topological polar surface area (TPSA) is 78.9 Å². The van der Waals surface area contributed by atoms with Crippen LogP contribution in [-0.4, -0.2) is 46.4 Å². The molecule has 0 aromatic heterocycles. The minimum atomic E-state index is -0.946. The summed E-state index contributed by atoms with van der Waals surface area (Å²) in [6.07, 6.45) is 0.0716. The molecule has 2 unspecified atom stereocenters. The fraction of sp³-hybridized carbons (Fsp3) is 0.833. The Balaban J connectivity index is 2.49. The van der Waals surface area contributed by atoms with Gasteiger partial charge in [0.2, 0.25) is 0 Å². The van der Waals surface area contributed by atoms with Gasteiger partial charge in [-0.2, -0.15) is 0 Å². The van der Waals surface area contributed by atoms with Crippen LogP contribution in [0, 0.1) is 0 Å². The summed E-state index contributed by atoms with van der Waals surface area (Å²) in [5.41, 5.74) is -0.543. The Bertz CT molecular complexity index is 325. The molecule has 0 saturated carbocycles. The van der Waals surface area contributed by atoms with Crippen molar-refractivity contribution < 1.29 is 19.4 Å². The fourth-order valence-corrected chi connectivity index (χ4v) is 1.97. The van der Waals surface area contributed by atoms with E-state index >= 15 is 0 Å². The Morgan fingerprint density at radius 3 is 2.44 bits per heavy atom. The number of amides is 2. The van der Waals surface area contributed by atoms with Crippen molar-refractivity contribution in [1.82, 2.24) is 10.2 Å². The molecule has 18 heavy (non-hydrogen) atoms. The van der Waals surface area contributed by atoms with Crippen LogP contribution in [0.25, 0.3) is 0 Å². The molecule has 2 N–H and O–H groups in total. The van der Waals surface area contributed by atoms with E-state index in [9.17, 15) is 9.59 Å². The summed E-state index contributed by atoms with van der Waals surface area (Å²) in [6, 6.07) is -0.175. The van der Waals surface area contributed by atoms with Crippen molar-refractivity contribution in [1.29, 1.82) is 0 Å². The van der Waals surface area contributed by atoms with E-state index in [4.69, 9.17) is 9.84 Å². The van der Waals surface area contributed by atoms with Gasteiger partial charge in [0.1, 0.15) is 5.60 Å². The summed E-state index contributed by atoms with van der Waals surface area (Å²) in [5.74, 6) is 0. The van der Waals surface area contributed by atoms with Crippen LogP contribution in [0.15, 0.2) is 0 Å². The van der Waals surface area contributed by atoms with Gasteiger partial charge in [-0.3, -0.25) is 0 Å². The summed E-state index contributed by atoms with van der Waals surface area (Å²) in [5, 5.41) is 11.7. The maximum Gasteiger partial charge on any atom is 0.407 e. The lowest BCUT2D eigenvalue weighted by Crippen LogP contribution is -2.53. The molecule has 6 nitrogen and oxygen atoms in total. The van der Waals surface area contributed by atoms with Crippen LogP contribution in [0.5, 0.6) is 0 Å². The van der Waals surface area contributed by atoms with Gasteiger partial charge in [0.15, 0.2) is 0 Å². The van der Waals surface area contributed by atoms with Crippen molar-refractivity contribution >= 4 is 12.2 Å². The van der Waals surface area contributed by atoms with Gasteiger partial charge in [0.25, 0.3) is 0 Å². The Morgan fingerprint density at radius 2 is 1.94 bits per heavy atom. The van der Waals surface area contributed by atoms with Crippen LogP contribution in [-0.2, 0) is 4.74 Å². The molecule has 0 radical (unpaired) electrons. The van der Waals surface area contributed by atoms with Crippen LogP contribution in [0.2, 0.25) is 0 Å². The van der Waals surface area contributed by atoms with E-state index in [1.165, 1.54) is 4.90 Å². The maximum atomic E-state index is 11.6. The zero-order valence-corrected chi connectivity index (χ0v) is 11.4. The molecule has 1 heterocycles. The van der Waals surface area contributed by atoms with E-state index in [1.807, 2.05) is 6.92 Å². The quantitative estimate of drug-likeness (QED) is 0.754. The standard InChI is InChI=1S/C12H22N2O4/c1-8-5-6-9(7-14(8)11(16)17)13-10(15)18-12(2,3)4/h8-9H,5-7H2,1-4H3,(H,13,15)(H,16,17). The lowest BCUT2D eigenvalue weighted by molar-refractivity contribution is 0.0445. The number of likely N-dealkylation sites (tertiary alicyclic amines) is 1. The molecule has 2 atom stereocenters. The third-order valence-corrected chi connectivity index (χ3v) is 2.85. The van der Waals surface area contributed by atoms with Gasteiger partial charge in [-0.05, 0) is 40.5 Å². The molecule has 1 saturated heterocycles. The Hall–Kier alpha value is -1.46. The normalized spacial score (nSPS) is 24.6. The molecule has 104 valence electrons. The smallest absolute Gasteiger partial charge is 0.407 e. The van der Waals surface area contributed by atoms with E-state index in [0.717, 1.165) is 12.8 Å². The molecule has 0 aliphatic carbocycles. The summed E-state index contributed by atoms with van der Waals surface area (Å²) in [4.78, 5) is 23.9. The van der Waals surface area contributed by atoms with Crippen molar-refractivity contribution in [2.75, 3.05) is 6.54 Å². The fourth-order valence-electron chi connectivity index (χ4n) is 1.97. The van der Waals surface area contributed by atoms with Crippen LogP contribution in [0.4, 0.5) is 9.59 Å². The first-order valence-corrected chi connectivity index (χ1v) is 6.18. The molecular weight excluding hydrogens is 236 g/mol. The van der Waals surface area contributed by atoms with Gasteiger partial charge in [-0.1, -0.05) is 0 Å². The summed E-state index contributed by atoms with van der Waals surface area (Å²) >= 11 is 0. The zero-order valence-electron chi connectivity index (χ0n) is 11.4. The van der Waals surface area contributed by atoms with Crippen LogP contribution >= 0.6 is 0 Å². The highest BCUT2D eigenvalue weighted by atomic mass is 16.6. The predicted molar refractivity (Wildman–Crippen MR) is 66.6 cm³/mol. The largest absolute Gasteiger partial charge is 0.465 e. The average molecular weight is 258 g/mol. The first-order valence-electron chi connectivity index (χ1n) is 6.18. The number of nitrogens with one attached hydrogen (secondary N) is 1. The third-order valence-electron chi connectivity index (χ3n) is 2.85. The highest BCUT2D eigenvalue weighted by molar-refractivity contribution is 5.69. The second kappa shape index (κ2) is 5.46. The molecular formula is C12H22N2O4. The molecule has 1 rings (SSSR count). The number of carbonyl (C=O) groups is 2. The van der Waals surface area contributed by atoms with E-state index in [2.05, 4.69) is 5.32 Å². The van der Waals surface area contributed by atoms with Gasteiger partial charge < -0.3 is 20.1 Å². The lowest BCUT2D eigenvalue weighted by atomic mass is 10.00. The predicted octanol–water partition coefficient (Wildman–Crippen LogP) is 2.04. The van der Waals surface area contributed by atoms with Gasteiger partial charge in [0, 0.05) is 18.6 Å². The molecule has 0 bridgehead atoms. The number of piperidine rings is 1. The first kappa shape index (κ1) is 14.6.